The van der Waals surface area contributed by atoms with Gasteiger partial charge in [-0.15, -0.1) is 0 Å². The van der Waals surface area contributed by atoms with Crippen LogP contribution in [0.4, 0.5) is 10.6 Å². The molecule has 172 valence electrons. The number of rotatable bonds is 3. The normalized spacial score (nSPS) is 20.6. The third-order valence-corrected chi connectivity index (χ3v) is 5.87. The van der Waals surface area contributed by atoms with Crippen molar-refractivity contribution in [1.82, 2.24) is 30.5 Å². The molecule has 0 bridgehead atoms. The number of likely N-dealkylation sites (N-methyl/N-ethyl adjacent to an activating group) is 1. The number of anilines is 1. The molecule has 3 heterocycles. The molecule has 2 N–H and O–H groups in total. The zero-order chi connectivity index (χ0) is 23.7. The molecule has 2 fully saturated rings. The van der Waals surface area contributed by atoms with Gasteiger partial charge in [-0.3, -0.25) is 14.6 Å². The Labute approximate surface area is 187 Å². The summed E-state index contributed by atoms with van der Waals surface area (Å²) < 4.78 is 0. The maximum Gasteiger partial charge on any atom is 0.336 e. The van der Waals surface area contributed by atoms with Crippen LogP contribution in [0.15, 0.2) is 12.3 Å². The topological polar surface area (TPSA) is 135 Å². The Bertz CT molecular complexity index is 943. The first-order valence-corrected chi connectivity index (χ1v) is 10.6. The second kappa shape index (κ2) is 8.61. The monoisotopic (exact) mass is 442 g/mol. The summed E-state index contributed by atoms with van der Waals surface area (Å²) in [6, 6.07) is 2.66. The lowest BCUT2D eigenvalue weighted by atomic mass is 9.82. The molecular formula is C21H30N8O3. The van der Waals surface area contributed by atoms with Gasteiger partial charge in [-0.05, 0) is 25.2 Å². The molecule has 1 aromatic heterocycles. The number of hydrazine groups is 1. The third kappa shape index (κ3) is 4.59. The van der Waals surface area contributed by atoms with Crippen molar-refractivity contribution >= 4 is 23.7 Å². The van der Waals surface area contributed by atoms with Crippen molar-refractivity contribution in [2.45, 2.75) is 52.1 Å². The minimum absolute atomic E-state index is 0.0146. The fraction of sp³-hybridized carbons (Fsp3) is 0.619. The van der Waals surface area contributed by atoms with Crippen LogP contribution in [-0.2, 0) is 9.59 Å². The minimum atomic E-state index is -0.931. The van der Waals surface area contributed by atoms with Crippen molar-refractivity contribution in [3.8, 4) is 6.07 Å². The van der Waals surface area contributed by atoms with Gasteiger partial charge >= 0.3 is 6.03 Å². The molecule has 4 amide bonds. The van der Waals surface area contributed by atoms with Crippen LogP contribution in [0, 0.1) is 16.7 Å². The average Bonchev–Trinajstić information content (AvgIpc) is 2.75. The van der Waals surface area contributed by atoms with Crippen LogP contribution < -0.4 is 15.8 Å². The number of piperidine rings is 1. The van der Waals surface area contributed by atoms with Gasteiger partial charge in [0.25, 0.3) is 0 Å². The highest BCUT2D eigenvalue weighted by molar-refractivity contribution is 5.99. The SMILES string of the molecule is CC1NC(=O)C2(CCN(C(=O)NN(CC(C)(C)C)c3ccnc(C#N)n3)CC2)N(C)C1=O. The number of hydrogen-bond donors (Lipinski definition) is 2. The van der Waals surface area contributed by atoms with E-state index in [-0.39, 0.29) is 29.1 Å². The summed E-state index contributed by atoms with van der Waals surface area (Å²) in [5.74, 6) is 0.127. The van der Waals surface area contributed by atoms with Crippen LogP contribution in [0.2, 0.25) is 0 Å². The van der Waals surface area contributed by atoms with E-state index in [0.29, 0.717) is 38.3 Å². The lowest BCUT2D eigenvalue weighted by Crippen LogP contribution is -2.71. The van der Waals surface area contributed by atoms with E-state index in [4.69, 9.17) is 5.26 Å². The third-order valence-electron chi connectivity index (χ3n) is 5.87. The Morgan fingerprint density at radius 3 is 2.62 bits per heavy atom. The number of carbonyl (C=O) groups is 3. The molecule has 1 unspecified atom stereocenters. The summed E-state index contributed by atoms with van der Waals surface area (Å²) in [5.41, 5.74) is 1.78. The largest absolute Gasteiger partial charge is 0.343 e. The van der Waals surface area contributed by atoms with Gasteiger partial charge in [0, 0.05) is 38.9 Å². The smallest absolute Gasteiger partial charge is 0.336 e. The Morgan fingerprint density at radius 1 is 1.38 bits per heavy atom. The summed E-state index contributed by atoms with van der Waals surface area (Å²) in [7, 11) is 1.65. The van der Waals surface area contributed by atoms with Gasteiger partial charge in [0.2, 0.25) is 17.6 Å². The van der Waals surface area contributed by atoms with Crippen molar-refractivity contribution in [1.29, 1.82) is 5.26 Å². The zero-order valence-corrected chi connectivity index (χ0v) is 19.2. The number of aromatic nitrogens is 2. The first-order valence-electron chi connectivity index (χ1n) is 10.6. The molecule has 3 rings (SSSR count). The fourth-order valence-corrected chi connectivity index (χ4v) is 4.08. The number of nitrogens with one attached hydrogen (secondary N) is 2. The van der Waals surface area contributed by atoms with Crippen molar-refractivity contribution in [2.24, 2.45) is 5.41 Å². The maximum atomic E-state index is 13.1. The number of nitrogens with zero attached hydrogens (tertiary/aromatic N) is 6. The molecule has 1 aromatic rings. The average molecular weight is 443 g/mol. The van der Waals surface area contributed by atoms with Gasteiger partial charge in [0.15, 0.2) is 5.82 Å². The van der Waals surface area contributed by atoms with E-state index >= 15 is 0 Å². The molecule has 2 aliphatic rings. The number of amides is 4. The lowest BCUT2D eigenvalue weighted by molar-refractivity contribution is -0.157. The Kier molecular flexibility index (Phi) is 6.25. The standard InChI is InChI=1S/C21H30N8O3/c1-14-17(30)27(5)21(18(31)24-14)7-10-28(11-8-21)19(32)26-29(13-20(2,3)4)16-6-9-23-15(12-22)25-16/h6,9,14H,7-8,10-11,13H2,1-5H3,(H,24,31)(H,26,32). The molecule has 0 radical (unpaired) electrons. The summed E-state index contributed by atoms with van der Waals surface area (Å²) >= 11 is 0. The van der Waals surface area contributed by atoms with Crippen molar-refractivity contribution in [2.75, 3.05) is 31.7 Å². The molecule has 11 nitrogen and oxygen atoms in total. The number of piperazine rings is 1. The van der Waals surface area contributed by atoms with Gasteiger partial charge in [-0.1, -0.05) is 20.8 Å². The summed E-state index contributed by atoms with van der Waals surface area (Å²) in [5, 5.41) is 13.5. The van der Waals surface area contributed by atoms with Crippen LogP contribution in [0.5, 0.6) is 0 Å². The van der Waals surface area contributed by atoms with Crippen molar-refractivity contribution < 1.29 is 14.4 Å². The van der Waals surface area contributed by atoms with Gasteiger partial charge in [-0.2, -0.15) is 10.2 Å². The molecule has 2 aliphatic heterocycles. The first kappa shape index (κ1) is 23.2. The Balaban J connectivity index is 1.72. The lowest BCUT2D eigenvalue weighted by Gasteiger charge is -2.49. The highest BCUT2D eigenvalue weighted by atomic mass is 16.2. The van der Waals surface area contributed by atoms with Gasteiger partial charge in [0.05, 0.1) is 0 Å². The van der Waals surface area contributed by atoms with E-state index in [1.165, 1.54) is 11.1 Å². The molecule has 1 spiro atoms. The molecule has 0 saturated carbocycles. The molecule has 1 atom stereocenters. The van der Waals surface area contributed by atoms with Gasteiger partial charge in [-0.25, -0.2) is 15.2 Å². The van der Waals surface area contributed by atoms with E-state index in [9.17, 15) is 14.4 Å². The van der Waals surface area contributed by atoms with Gasteiger partial charge in [0.1, 0.15) is 17.6 Å². The second-order valence-electron chi connectivity index (χ2n) is 9.53. The van der Waals surface area contributed by atoms with Crippen LogP contribution in [0.3, 0.4) is 0 Å². The molecular weight excluding hydrogens is 412 g/mol. The Hall–Kier alpha value is -3.42. The van der Waals surface area contributed by atoms with E-state index in [0.717, 1.165) is 0 Å². The number of hydrogen-bond acceptors (Lipinski definition) is 7. The second-order valence-corrected chi connectivity index (χ2v) is 9.53. The number of likely N-dealkylation sites (tertiary alicyclic amines) is 1. The van der Waals surface area contributed by atoms with E-state index in [1.54, 1.807) is 29.9 Å². The summed E-state index contributed by atoms with van der Waals surface area (Å²) in [6.45, 7) is 8.84. The van der Waals surface area contributed by atoms with Crippen molar-refractivity contribution in [3.05, 3.63) is 18.1 Å². The molecule has 2 saturated heterocycles. The number of carbonyl (C=O) groups excluding carboxylic acids is 3. The predicted molar refractivity (Wildman–Crippen MR) is 116 cm³/mol. The molecule has 11 heteroatoms. The first-order chi connectivity index (χ1) is 15.0. The maximum absolute atomic E-state index is 13.1. The van der Waals surface area contributed by atoms with Crippen LogP contribution in [-0.4, -0.2) is 75.9 Å². The van der Waals surface area contributed by atoms with Gasteiger partial charge < -0.3 is 15.1 Å². The van der Waals surface area contributed by atoms with Crippen molar-refractivity contribution in [3.63, 3.8) is 0 Å². The van der Waals surface area contributed by atoms with Crippen LogP contribution in [0.1, 0.15) is 46.4 Å². The molecule has 32 heavy (non-hydrogen) atoms. The highest BCUT2D eigenvalue weighted by Gasteiger charge is 2.51. The summed E-state index contributed by atoms with van der Waals surface area (Å²) in [4.78, 5) is 49.4. The zero-order valence-electron chi connectivity index (χ0n) is 19.2. The predicted octanol–water partition coefficient (Wildman–Crippen LogP) is 0.637. The number of urea groups is 1. The Morgan fingerprint density at radius 2 is 2.03 bits per heavy atom. The summed E-state index contributed by atoms with van der Waals surface area (Å²) in [6.07, 6.45) is 2.18. The molecule has 0 aliphatic carbocycles. The minimum Gasteiger partial charge on any atom is -0.343 e. The number of nitriles is 1. The quantitative estimate of drug-likeness (QED) is 0.656. The van der Waals surface area contributed by atoms with Crippen LogP contribution >= 0.6 is 0 Å². The van der Waals surface area contributed by atoms with E-state index < -0.39 is 11.6 Å². The van der Waals surface area contributed by atoms with Crippen LogP contribution in [0.25, 0.3) is 0 Å². The van der Waals surface area contributed by atoms with E-state index in [2.05, 4.69) is 20.7 Å². The molecule has 0 aromatic carbocycles. The highest BCUT2D eigenvalue weighted by Crippen LogP contribution is 2.31. The van der Waals surface area contributed by atoms with E-state index in [1.807, 2.05) is 26.8 Å². The fourth-order valence-electron chi connectivity index (χ4n) is 4.08.